The van der Waals surface area contributed by atoms with Gasteiger partial charge in [0.1, 0.15) is 6.10 Å². The molecule has 1 aliphatic heterocycles. The summed E-state index contributed by atoms with van der Waals surface area (Å²) in [5.74, 6) is 4.52. The van der Waals surface area contributed by atoms with Crippen LogP contribution in [0.15, 0.2) is 23.0 Å². The predicted molar refractivity (Wildman–Crippen MR) is 120 cm³/mol. The summed E-state index contributed by atoms with van der Waals surface area (Å²) in [5.41, 5.74) is 3.78. The Hall–Kier alpha value is -0.800. The van der Waals surface area contributed by atoms with Gasteiger partial charge in [-0.3, -0.25) is 0 Å². The van der Waals surface area contributed by atoms with Crippen LogP contribution in [0.5, 0.6) is 0 Å². The fourth-order valence-electron chi connectivity index (χ4n) is 8.69. The summed E-state index contributed by atoms with van der Waals surface area (Å²) in [6.07, 6.45) is 13.0. The van der Waals surface area contributed by atoms with E-state index in [0.717, 1.165) is 43.4 Å². The topological polar surface area (TPSA) is 49.7 Å². The van der Waals surface area contributed by atoms with Crippen molar-refractivity contribution in [1.29, 1.82) is 0 Å². The van der Waals surface area contributed by atoms with Crippen LogP contribution in [0.4, 0.5) is 0 Å². The Morgan fingerprint density at radius 1 is 1.20 bits per heavy atom. The van der Waals surface area contributed by atoms with Gasteiger partial charge in [-0.25, -0.2) is 0 Å². The van der Waals surface area contributed by atoms with Gasteiger partial charge in [0.25, 0.3) is 0 Å². The SMILES string of the molecule is CC1=C(CCC(C)CO)O[C@H]2C[C@H]3[C@@H]4CC=C5C[C@@H](O)CC[C@]5(C)[C@H]4CC[C@]3(C)[C@@H]12. The van der Waals surface area contributed by atoms with Crippen LogP contribution in [0.3, 0.4) is 0 Å². The van der Waals surface area contributed by atoms with E-state index in [0.29, 0.717) is 28.8 Å². The third kappa shape index (κ3) is 2.98. The number of aliphatic hydroxyl groups excluding tert-OH is 2. The second-order valence-corrected chi connectivity index (χ2v) is 12.0. The Morgan fingerprint density at radius 3 is 2.77 bits per heavy atom. The maximum Gasteiger partial charge on any atom is 0.106 e. The summed E-state index contributed by atoms with van der Waals surface area (Å²) in [6.45, 7) is 9.83. The van der Waals surface area contributed by atoms with Crippen molar-refractivity contribution < 1.29 is 14.9 Å². The molecular formula is C27H42O3. The molecule has 0 spiro atoms. The lowest BCUT2D eigenvalue weighted by atomic mass is 9.47. The highest BCUT2D eigenvalue weighted by Gasteiger charge is 2.63. The zero-order valence-corrected chi connectivity index (χ0v) is 19.5. The van der Waals surface area contributed by atoms with E-state index in [4.69, 9.17) is 4.74 Å². The van der Waals surface area contributed by atoms with Crippen LogP contribution in [-0.4, -0.2) is 29.0 Å². The van der Waals surface area contributed by atoms with Crippen LogP contribution in [0.2, 0.25) is 0 Å². The van der Waals surface area contributed by atoms with Crippen molar-refractivity contribution in [2.75, 3.05) is 6.61 Å². The van der Waals surface area contributed by atoms with E-state index < -0.39 is 0 Å². The lowest BCUT2D eigenvalue weighted by molar-refractivity contribution is -0.0454. The van der Waals surface area contributed by atoms with Gasteiger partial charge in [-0.05, 0) is 98.4 Å². The van der Waals surface area contributed by atoms with Crippen molar-refractivity contribution in [3.63, 3.8) is 0 Å². The Bertz CT molecular complexity index is 753. The van der Waals surface area contributed by atoms with Crippen molar-refractivity contribution in [2.45, 2.75) is 97.7 Å². The molecule has 5 aliphatic rings. The van der Waals surface area contributed by atoms with Gasteiger partial charge in [0.2, 0.25) is 0 Å². The zero-order chi connectivity index (χ0) is 21.3. The summed E-state index contributed by atoms with van der Waals surface area (Å²) < 4.78 is 6.62. The maximum absolute atomic E-state index is 10.2. The predicted octanol–water partition coefficient (Wildman–Crippen LogP) is 5.62. The molecule has 9 atom stereocenters. The van der Waals surface area contributed by atoms with E-state index in [1.165, 1.54) is 43.4 Å². The van der Waals surface area contributed by atoms with Gasteiger partial charge in [-0.15, -0.1) is 0 Å². The van der Waals surface area contributed by atoms with Crippen LogP contribution >= 0.6 is 0 Å². The summed E-state index contributed by atoms with van der Waals surface area (Å²) in [5, 5.41) is 19.6. The first kappa shape index (κ1) is 21.1. The number of aliphatic hydroxyl groups is 2. The van der Waals surface area contributed by atoms with Crippen LogP contribution in [-0.2, 0) is 4.74 Å². The first-order valence-corrected chi connectivity index (χ1v) is 12.6. The standard InChI is InChI=1S/C27H42O3/c1-16(15-28)5-8-23-17(2)25-24(30-23)14-22-20-7-6-18-13-19(29)9-11-26(18,3)21(20)10-12-27(22,25)4/h6,16,19-22,24-25,28-29H,5,7-15H2,1-4H3/t16?,19-,20+,21-,22-,24-,25-,26-,27-/m0/s1. The molecule has 4 aliphatic carbocycles. The van der Waals surface area contributed by atoms with Crippen LogP contribution in [0.1, 0.15) is 85.5 Å². The van der Waals surface area contributed by atoms with Crippen LogP contribution in [0.25, 0.3) is 0 Å². The molecule has 2 N–H and O–H groups in total. The first-order chi connectivity index (χ1) is 14.3. The molecule has 30 heavy (non-hydrogen) atoms. The second-order valence-electron chi connectivity index (χ2n) is 12.0. The van der Waals surface area contributed by atoms with Crippen molar-refractivity contribution in [3.8, 4) is 0 Å². The summed E-state index contributed by atoms with van der Waals surface area (Å²) in [4.78, 5) is 0. The molecule has 3 nitrogen and oxygen atoms in total. The van der Waals surface area contributed by atoms with Crippen LogP contribution in [0, 0.1) is 40.4 Å². The summed E-state index contributed by atoms with van der Waals surface area (Å²) in [6, 6.07) is 0. The number of ether oxygens (including phenoxy) is 1. The molecule has 3 heteroatoms. The van der Waals surface area contributed by atoms with E-state index in [1.54, 1.807) is 5.57 Å². The normalized spacial score (nSPS) is 48.3. The minimum Gasteiger partial charge on any atom is -0.494 e. The number of fused-ring (bicyclic) bond motifs is 7. The molecule has 0 saturated heterocycles. The molecule has 5 rings (SSSR count). The molecule has 1 unspecified atom stereocenters. The highest BCUT2D eigenvalue weighted by molar-refractivity contribution is 5.30. The third-order valence-corrected chi connectivity index (χ3v) is 10.5. The molecule has 3 fully saturated rings. The van der Waals surface area contributed by atoms with Gasteiger partial charge in [0.05, 0.1) is 11.9 Å². The van der Waals surface area contributed by atoms with Gasteiger partial charge in [-0.1, -0.05) is 32.4 Å². The van der Waals surface area contributed by atoms with Gasteiger partial charge in [0, 0.05) is 18.9 Å². The first-order valence-electron chi connectivity index (χ1n) is 12.6. The maximum atomic E-state index is 10.2. The van der Waals surface area contributed by atoms with Crippen molar-refractivity contribution in [2.24, 2.45) is 40.4 Å². The number of hydrogen-bond acceptors (Lipinski definition) is 3. The Balaban J connectivity index is 1.38. The average molecular weight is 415 g/mol. The Labute approximate surface area is 183 Å². The Kier molecular flexibility index (Phi) is 5.18. The molecule has 0 aromatic rings. The molecule has 0 amide bonds. The number of hydrogen-bond donors (Lipinski definition) is 2. The van der Waals surface area contributed by atoms with E-state index in [1.807, 2.05) is 0 Å². The van der Waals surface area contributed by atoms with Crippen LogP contribution < -0.4 is 0 Å². The zero-order valence-electron chi connectivity index (χ0n) is 19.5. The molecule has 0 aromatic heterocycles. The lowest BCUT2D eigenvalue weighted by Gasteiger charge is -2.57. The Morgan fingerprint density at radius 2 is 2.00 bits per heavy atom. The largest absolute Gasteiger partial charge is 0.494 e. The monoisotopic (exact) mass is 414 g/mol. The molecule has 0 aromatic carbocycles. The summed E-state index contributed by atoms with van der Waals surface area (Å²) in [7, 11) is 0. The van der Waals surface area contributed by atoms with Crippen molar-refractivity contribution in [1.82, 2.24) is 0 Å². The third-order valence-electron chi connectivity index (χ3n) is 10.5. The average Bonchev–Trinajstić information content (AvgIpc) is 3.20. The van der Waals surface area contributed by atoms with E-state index in [2.05, 4.69) is 33.8 Å². The molecule has 168 valence electrons. The van der Waals surface area contributed by atoms with Gasteiger partial charge >= 0.3 is 0 Å². The van der Waals surface area contributed by atoms with Gasteiger partial charge in [0.15, 0.2) is 0 Å². The number of rotatable bonds is 4. The van der Waals surface area contributed by atoms with Gasteiger partial charge < -0.3 is 14.9 Å². The molecular weight excluding hydrogens is 372 g/mol. The molecule has 0 radical (unpaired) electrons. The molecule has 0 bridgehead atoms. The minimum atomic E-state index is -0.117. The van der Waals surface area contributed by atoms with E-state index in [9.17, 15) is 10.2 Å². The minimum absolute atomic E-state index is 0.117. The summed E-state index contributed by atoms with van der Waals surface area (Å²) >= 11 is 0. The highest BCUT2D eigenvalue weighted by atomic mass is 16.5. The smallest absolute Gasteiger partial charge is 0.106 e. The van der Waals surface area contributed by atoms with E-state index >= 15 is 0 Å². The molecule has 1 heterocycles. The van der Waals surface area contributed by atoms with Crippen molar-refractivity contribution >= 4 is 0 Å². The van der Waals surface area contributed by atoms with E-state index in [-0.39, 0.29) is 12.7 Å². The second kappa shape index (κ2) is 7.37. The number of allylic oxidation sites excluding steroid dienone is 2. The molecule has 3 saturated carbocycles. The van der Waals surface area contributed by atoms with Crippen molar-refractivity contribution in [3.05, 3.63) is 23.0 Å². The fourth-order valence-corrected chi connectivity index (χ4v) is 8.69. The lowest BCUT2D eigenvalue weighted by Crippen LogP contribution is -2.50. The fraction of sp³-hybridized carbons (Fsp3) is 0.852. The quantitative estimate of drug-likeness (QED) is 0.587. The van der Waals surface area contributed by atoms with Gasteiger partial charge in [-0.2, -0.15) is 0 Å². The highest BCUT2D eigenvalue weighted by Crippen LogP contribution is 2.68.